The zero-order valence-corrected chi connectivity index (χ0v) is 19.5. The number of amides is 1. The number of hydrogen-bond donors (Lipinski definition) is 1. The molecular weight excluding hydrogens is 418 g/mol. The van der Waals surface area contributed by atoms with Crippen LogP contribution in [0, 0.1) is 24.2 Å². The van der Waals surface area contributed by atoms with Gasteiger partial charge in [0.1, 0.15) is 22.9 Å². The summed E-state index contributed by atoms with van der Waals surface area (Å²) in [7, 11) is 1.60. The number of nitrogens with zero attached hydrogens (tertiary/aromatic N) is 6. The Labute approximate surface area is 192 Å². The molecule has 9 nitrogen and oxygen atoms in total. The van der Waals surface area contributed by atoms with Crippen molar-refractivity contribution in [2.75, 3.05) is 26.7 Å². The highest BCUT2D eigenvalue weighted by Crippen LogP contribution is 2.34. The fourth-order valence-electron chi connectivity index (χ4n) is 5.10. The molecule has 2 fully saturated rings. The molecule has 5 rings (SSSR count). The van der Waals surface area contributed by atoms with Crippen LogP contribution in [0.5, 0.6) is 5.75 Å². The van der Waals surface area contributed by atoms with Gasteiger partial charge >= 0.3 is 0 Å². The Morgan fingerprint density at radius 3 is 2.64 bits per heavy atom. The summed E-state index contributed by atoms with van der Waals surface area (Å²) in [4.78, 5) is 14.9. The van der Waals surface area contributed by atoms with E-state index in [-0.39, 0.29) is 23.4 Å². The highest BCUT2D eigenvalue weighted by atomic mass is 16.5. The summed E-state index contributed by atoms with van der Waals surface area (Å²) in [5, 5.41) is 21.7. The second-order valence-corrected chi connectivity index (χ2v) is 9.56. The van der Waals surface area contributed by atoms with Crippen LogP contribution in [-0.4, -0.2) is 62.5 Å². The van der Waals surface area contributed by atoms with Crippen LogP contribution in [-0.2, 0) is 4.79 Å². The van der Waals surface area contributed by atoms with E-state index in [1.165, 1.54) is 0 Å². The van der Waals surface area contributed by atoms with Crippen LogP contribution in [0.2, 0.25) is 0 Å². The number of piperidine rings is 1. The normalized spacial score (nSPS) is 20.5. The number of pyridine rings is 1. The summed E-state index contributed by atoms with van der Waals surface area (Å²) in [6.07, 6.45) is 7.11. The third-order valence-corrected chi connectivity index (χ3v) is 7.33. The molecule has 5 heterocycles. The molecule has 2 aliphatic rings. The Hall–Kier alpha value is -3.38. The quantitative estimate of drug-likeness (QED) is 0.660. The van der Waals surface area contributed by atoms with Crippen LogP contribution in [0.25, 0.3) is 16.6 Å². The number of likely N-dealkylation sites (tertiary alicyclic amines) is 1. The Morgan fingerprint density at radius 2 is 2.03 bits per heavy atom. The fraction of sp³-hybridized carbons (Fsp3) is 0.500. The molecule has 3 aromatic rings. The monoisotopic (exact) mass is 447 g/mol. The fourth-order valence-corrected chi connectivity index (χ4v) is 5.10. The molecule has 0 aliphatic carbocycles. The molecule has 1 N–H and O–H groups in total. The van der Waals surface area contributed by atoms with Crippen molar-refractivity contribution in [2.45, 2.75) is 45.2 Å². The van der Waals surface area contributed by atoms with Crippen molar-refractivity contribution in [2.24, 2.45) is 5.92 Å². The van der Waals surface area contributed by atoms with E-state index in [1.54, 1.807) is 17.8 Å². The number of hydrogen-bond acceptors (Lipinski definition) is 6. The molecule has 2 saturated heterocycles. The van der Waals surface area contributed by atoms with Gasteiger partial charge in [-0.25, -0.2) is 4.52 Å². The van der Waals surface area contributed by atoms with Gasteiger partial charge in [0.05, 0.1) is 31.5 Å². The number of ether oxygens (including phenoxy) is 1. The van der Waals surface area contributed by atoms with Gasteiger partial charge in [-0.3, -0.25) is 9.48 Å². The summed E-state index contributed by atoms with van der Waals surface area (Å²) in [5.74, 6) is 0.946. The predicted octanol–water partition coefficient (Wildman–Crippen LogP) is 2.55. The van der Waals surface area contributed by atoms with E-state index in [0.29, 0.717) is 16.8 Å². The van der Waals surface area contributed by atoms with Crippen molar-refractivity contribution in [3.63, 3.8) is 0 Å². The average molecular weight is 448 g/mol. The number of nitriles is 1. The topological polar surface area (TPSA) is 100 Å². The minimum Gasteiger partial charge on any atom is -0.494 e. The van der Waals surface area contributed by atoms with Gasteiger partial charge in [-0.05, 0) is 39.7 Å². The third kappa shape index (κ3) is 3.45. The van der Waals surface area contributed by atoms with Crippen LogP contribution in [0.1, 0.15) is 44.0 Å². The zero-order chi connectivity index (χ0) is 23.3. The number of carbonyl (C=O) groups is 1. The standard InChI is InChI=1S/C24H29N7O2/c1-15-19(16-9-21(33-4)22-17(10-25)11-27-30(22)14-16)12-28-31(15)18-5-7-29(8-6-18)23(32)20-13-26-24(20,2)3/h9,11-12,14,18,20,26H,5-8,13H2,1-4H3. The largest absolute Gasteiger partial charge is 0.494 e. The highest BCUT2D eigenvalue weighted by molar-refractivity contribution is 5.81. The van der Waals surface area contributed by atoms with Gasteiger partial charge in [0.25, 0.3) is 0 Å². The Kier molecular flexibility index (Phi) is 5.13. The second-order valence-electron chi connectivity index (χ2n) is 9.56. The van der Waals surface area contributed by atoms with Crippen molar-refractivity contribution in [1.29, 1.82) is 5.26 Å². The molecule has 0 spiro atoms. The van der Waals surface area contributed by atoms with Crippen molar-refractivity contribution in [1.82, 2.24) is 29.6 Å². The van der Waals surface area contributed by atoms with E-state index in [2.05, 4.69) is 41.9 Å². The highest BCUT2D eigenvalue weighted by Gasteiger charge is 2.45. The van der Waals surface area contributed by atoms with Crippen molar-refractivity contribution in [3.05, 3.63) is 35.9 Å². The van der Waals surface area contributed by atoms with Crippen molar-refractivity contribution >= 4 is 11.4 Å². The zero-order valence-electron chi connectivity index (χ0n) is 19.5. The molecule has 172 valence electrons. The molecule has 0 radical (unpaired) electrons. The van der Waals surface area contributed by atoms with Gasteiger partial charge in [0.15, 0.2) is 0 Å². The first-order chi connectivity index (χ1) is 15.8. The number of rotatable bonds is 4. The molecule has 9 heteroatoms. The summed E-state index contributed by atoms with van der Waals surface area (Å²) in [5.41, 5.74) is 4.04. The Morgan fingerprint density at radius 1 is 1.27 bits per heavy atom. The molecule has 3 aromatic heterocycles. The van der Waals surface area contributed by atoms with Gasteiger partial charge in [-0.1, -0.05) is 0 Å². The summed E-state index contributed by atoms with van der Waals surface area (Å²) < 4.78 is 9.33. The summed E-state index contributed by atoms with van der Waals surface area (Å²) >= 11 is 0. The minimum atomic E-state index is -0.105. The number of carbonyl (C=O) groups excluding carboxylic acids is 1. The van der Waals surface area contributed by atoms with Crippen molar-refractivity contribution < 1.29 is 9.53 Å². The molecule has 1 unspecified atom stereocenters. The van der Waals surface area contributed by atoms with E-state index in [0.717, 1.165) is 49.3 Å². The van der Waals surface area contributed by atoms with Gasteiger partial charge < -0.3 is 15.0 Å². The van der Waals surface area contributed by atoms with Crippen molar-refractivity contribution in [3.8, 4) is 22.9 Å². The maximum atomic E-state index is 12.9. The van der Waals surface area contributed by atoms with Gasteiger partial charge in [0, 0.05) is 48.2 Å². The first-order valence-corrected chi connectivity index (χ1v) is 11.4. The van der Waals surface area contributed by atoms with E-state index < -0.39 is 0 Å². The van der Waals surface area contributed by atoms with Crippen LogP contribution in [0.15, 0.2) is 24.7 Å². The smallest absolute Gasteiger partial charge is 0.228 e. The van der Waals surface area contributed by atoms with Crippen LogP contribution in [0.3, 0.4) is 0 Å². The van der Waals surface area contributed by atoms with Gasteiger partial charge in [-0.15, -0.1) is 0 Å². The summed E-state index contributed by atoms with van der Waals surface area (Å²) in [6.45, 7) is 8.55. The molecule has 33 heavy (non-hydrogen) atoms. The molecule has 1 atom stereocenters. The Bertz CT molecular complexity index is 1260. The number of nitrogens with one attached hydrogen (secondary N) is 1. The van der Waals surface area contributed by atoms with Gasteiger partial charge in [-0.2, -0.15) is 15.5 Å². The van der Waals surface area contributed by atoms with E-state index in [9.17, 15) is 10.1 Å². The number of methoxy groups -OCH3 is 1. The lowest BCUT2D eigenvalue weighted by atomic mass is 9.78. The van der Waals surface area contributed by atoms with Crippen LogP contribution < -0.4 is 10.1 Å². The van der Waals surface area contributed by atoms with E-state index in [4.69, 9.17) is 9.84 Å². The molecule has 0 aromatic carbocycles. The van der Waals surface area contributed by atoms with Gasteiger partial charge in [0.2, 0.25) is 5.91 Å². The molecule has 2 aliphatic heterocycles. The summed E-state index contributed by atoms with van der Waals surface area (Å²) in [6, 6.07) is 4.35. The lowest BCUT2D eigenvalue weighted by Gasteiger charge is -2.47. The average Bonchev–Trinajstić information content (AvgIpc) is 3.41. The maximum absolute atomic E-state index is 12.9. The lowest BCUT2D eigenvalue weighted by Crippen LogP contribution is -2.66. The molecule has 0 saturated carbocycles. The molecule has 0 bridgehead atoms. The first kappa shape index (κ1) is 21.5. The Balaban J connectivity index is 1.35. The van der Waals surface area contributed by atoms with Crippen LogP contribution in [0.4, 0.5) is 0 Å². The third-order valence-electron chi connectivity index (χ3n) is 7.33. The van der Waals surface area contributed by atoms with E-state index in [1.807, 2.05) is 23.4 Å². The lowest BCUT2D eigenvalue weighted by molar-refractivity contribution is -0.143. The van der Waals surface area contributed by atoms with E-state index >= 15 is 0 Å². The predicted molar refractivity (Wildman–Crippen MR) is 123 cm³/mol. The SMILES string of the molecule is COc1cc(-c2cnn(C3CCN(C(=O)C4CNC4(C)C)CC3)c2C)cn2ncc(C#N)c12. The first-order valence-electron chi connectivity index (χ1n) is 11.4. The van der Waals surface area contributed by atoms with Crippen LogP contribution >= 0.6 is 0 Å². The number of aromatic nitrogens is 4. The minimum absolute atomic E-state index is 0.0702. The molecular formula is C24H29N7O2. The maximum Gasteiger partial charge on any atom is 0.228 e. The molecule has 1 amide bonds. The number of fused-ring (bicyclic) bond motifs is 1. The second kappa shape index (κ2) is 7.89.